The molecule has 0 aliphatic carbocycles. The molecule has 0 atom stereocenters. The largest absolute Gasteiger partial charge is 0.494 e. The van der Waals surface area contributed by atoms with E-state index in [9.17, 15) is 4.79 Å². The second-order valence-corrected chi connectivity index (χ2v) is 4.74. The van der Waals surface area contributed by atoms with Crippen LogP contribution in [0.5, 0.6) is 5.75 Å². The molecule has 0 heterocycles. The molecule has 0 fully saturated rings. The van der Waals surface area contributed by atoms with Crippen LogP contribution in [0.3, 0.4) is 0 Å². The fraction of sp³-hybridized carbons (Fsp3) is 0.438. The predicted octanol–water partition coefficient (Wildman–Crippen LogP) is 1.82. The normalized spacial score (nSPS) is 10.1. The fourth-order valence-electron chi connectivity index (χ4n) is 1.62. The lowest BCUT2D eigenvalue weighted by Crippen LogP contribution is -2.30. The second-order valence-electron chi connectivity index (χ2n) is 4.74. The van der Waals surface area contributed by atoms with Crippen molar-refractivity contribution >= 4 is 5.91 Å². The van der Waals surface area contributed by atoms with E-state index in [4.69, 9.17) is 11.2 Å². The third kappa shape index (κ3) is 6.26. The number of nitrogens with one attached hydrogen (secondary N) is 2. The van der Waals surface area contributed by atoms with Crippen LogP contribution in [-0.4, -0.2) is 31.6 Å². The first kappa shape index (κ1) is 16.1. The number of hydrogen-bond donors (Lipinski definition) is 2. The summed E-state index contributed by atoms with van der Waals surface area (Å²) >= 11 is 0. The maximum absolute atomic E-state index is 11.9. The first-order chi connectivity index (χ1) is 9.63. The van der Waals surface area contributed by atoms with Crippen molar-refractivity contribution < 1.29 is 9.53 Å². The Morgan fingerprint density at radius 1 is 1.45 bits per heavy atom. The lowest BCUT2D eigenvalue weighted by Gasteiger charge is -2.10. The summed E-state index contributed by atoms with van der Waals surface area (Å²) in [5.41, 5.74) is 0.613. The number of ether oxygens (including phenoxy) is 1. The number of terminal acetylenes is 1. The maximum Gasteiger partial charge on any atom is 0.251 e. The molecule has 1 aromatic rings. The first-order valence-electron chi connectivity index (χ1n) is 6.81. The van der Waals surface area contributed by atoms with Crippen LogP contribution in [0.15, 0.2) is 24.3 Å². The minimum atomic E-state index is -0.0823. The van der Waals surface area contributed by atoms with Gasteiger partial charge in [0, 0.05) is 11.6 Å². The molecule has 0 spiro atoms. The number of hydrogen-bond acceptors (Lipinski definition) is 3. The maximum atomic E-state index is 11.9. The molecule has 4 nitrogen and oxygen atoms in total. The van der Waals surface area contributed by atoms with Crippen LogP contribution in [0.1, 0.15) is 30.6 Å². The zero-order valence-electron chi connectivity index (χ0n) is 12.1. The van der Waals surface area contributed by atoms with Crippen LogP contribution in [-0.2, 0) is 0 Å². The molecule has 108 valence electrons. The highest BCUT2D eigenvalue weighted by molar-refractivity contribution is 5.94. The van der Waals surface area contributed by atoms with E-state index in [0.717, 1.165) is 13.0 Å². The topological polar surface area (TPSA) is 50.4 Å². The summed E-state index contributed by atoms with van der Waals surface area (Å²) in [7, 11) is 0. The van der Waals surface area contributed by atoms with Crippen molar-refractivity contribution in [3.8, 4) is 18.1 Å². The third-order valence-electron chi connectivity index (χ3n) is 2.51. The summed E-state index contributed by atoms with van der Waals surface area (Å²) < 4.78 is 5.61. The summed E-state index contributed by atoms with van der Waals surface area (Å²) in [4.78, 5) is 11.9. The molecular weight excluding hydrogens is 252 g/mol. The molecule has 1 amide bonds. The lowest BCUT2D eigenvalue weighted by molar-refractivity contribution is 0.0942. The Morgan fingerprint density at radius 2 is 2.25 bits per heavy atom. The molecule has 20 heavy (non-hydrogen) atoms. The van der Waals surface area contributed by atoms with Gasteiger partial charge in [-0.15, -0.1) is 6.42 Å². The average molecular weight is 274 g/mol. The smallest absolute Gasteiger partial charge is 0.251 e. The standard InChI is InChI=1S/C16H22N2O2/c1-4-9-17-10-6-11-20-15-8-5-7-14(12-15)16(19)18-13(2)3/h1,5,7-8,12-13,17H,6,9-11H2,2-3H3,(H,18,19). The van der Waals surface area contributed by atoms with E-state index in [1.165, 1.54) is 0 Å². The Balaban J connectivity index is 2.40. The quantitative estimate of drug-likeness (QED) is 0.561. The van der Waals surface area contributed by atoms with Crippen LogP contribution in [0.2, 0.25) is 0 Å². The molecule has 0 saturated heterocycles. The highest BCUT2D eigenvalue weighted by atomic mass is 16.5. The van der Waals surface area contributed by atoms with E-state index in [-0.39, 0.29) is 11.9 Å². The van der Waals surface area contributed by atoms with Crippen LogP contribution in [0.25, 0.3) is 0 Å². The molecule has 1 aromatic carbocycles. The third-order valence-corrected chi connectivity index (χ3v) is 2.51. The molecule has 2 N–H and O–H groups in total. The van der Waals surface area contributed by atoms with Gasteiger partial charge in [0.15, 0.2) is 0 Å². The molecule has 0 aliphatic heterocycles. The van der Waals surface area contributed by atoms with Gasteiger partial charge in [0.1, 0.15) is 5.75 Å². The van der Waals surface area contributed by atoms with E-state index in [1.54, 1.807) is 12.1 Å². The van der Waals surface area contributed by atoms with Gasteiger partial charge >= 0.3 is 0 Å². The fourth-order valence-corrected chi connectivity index (χ4v) is 1.62. The molecule has 0 radical (unpaired) electrons. The molecule has 0 saturated carbocycles. The van der Waals surface area contributed by atoms with Crippen LogP contribution in [0.4, 0.5) is 0 Å². The van der Waals surface area contributed by atoms with Gasteiger partial charge in [0.05, 0.1) is 13.2 Å². The lowest BCUT2D eigenvalue weighted by atomic mass is 10.2. The van der Waals surface area contributed by atoms with Crippen molar-refractivity contribution in [1.82, 2.24) is 10.6 Å². The number of carbonyl (C=O) groups excluding carboxylic acids is 1. The Kier molecular flexibility index (Phi) is 7.23. The summed E-state index contributed by atoms with van der Waals surface area (Å²) in [6.07, 6.45) is 6.00. The van der Waals surface area contributed by atoms with E-state index < -0.39 is 0 Å². The summed E-state index contributed by atoms with van der Waals surface area (Å²) in [6, 6.07) is 7.32. The van der Waals surface area contributed by atoms with Crippen molar-refractivity contribution in [1.29, 1.82) is 0 Å². The van der Waals surface area contributed by atoms with Gasteiger partial charge in [-0.25, -0.2) is 0 Å². The minimum Gasteiger partial charge on any atom is -0.494 e. The van der Waals surface area contributed by atoms with Crippen molar-refractivity contribution in [2.45, 2.75) is 26.3 Å². The minimum absolute atomic E-state index is 0.0823. The van der Waals surface area contributed by atoms with E-state index >= 15 is 0 Å². The summed E-state index contributed by atoms with van der Waals surface area (Å²) in [5.74, 6) is 3.14. The highest BCUT2D eigenvalue weighted by Crippen LogP contribution is 2.13. The van der Waals surface area contributed by atoms with E-state index in [1.807, 2.05) is 26.0 Å². The van der Waals surface area contributed by atoms with Gasteiger partial charge in [-0.05, 0) is 45.0 Å². The second kappa shape index (κ2) is 9.00. The molecule has 0 bridgehead atoms. The van der Waals surface area contributed by atoms with Crippen molar-refractivity contribution in [3.05, 3.63) is 29.8 Å². The molecule has 0 aliphatic rings. The Bertz CT molecular complexity index is 464. The average Bonchev–Trinajstić information content (AvgIpc) is 2.42. The predicted molar refractivity (Wildman–Crippen MR) is 80.9 cm³/mol. The number of amides is 1. The van der Waals surface area contributed by atoms with Gasteiger partial charge in [0.25, 0.3) is 5.91 Å². The van der Waals surface area contributed by atoms with Gasteiger partial charge in [0.2, 0.25) is 0 Å². The number of carbonyl (C=O) groups is 1. The van der Waals surface area contributed by atoms with Gasteiger partial charge < -0.3 is 15.4 Å². The molecule has 4 heteroatoms. The number of rotatable bonds is 8. The molecule has 1 rings (SSSR count). The zero-order chi connectivity index (χ0) is 14.8. The Hall–Kier alpha value is -1.99. The van der Waals surface area contributed by atoms with E-state index in [2.05, 4.69) is 16.6 Å². The van der Waals surface area contributed by atoms with Crippen LogP contribution in [0, 0.1) is 12.3 Å². The SMILES string of the molecule is C#CCNCCCOc1cccc(C(=O)NC(C)C)c1. The van der Waals surface area contributed by atoms with Crippen LogP contribution >= 0.6 is 0 Å². The van der Waals surface area contributed by atoms with Crippen LogP contribution < -0.4 is 15.4 Å². The van der Waals surface area contributed by atoms with E-state index in [0.29, 0.717) is 24.5 Å². The van der Waals surface area contributed by atoms with Crippen molar-refractivity contribution in [2.24, 2.45) is 0 Å². The van der Waals surface area contributed by atoms with Crippen molar-refractivity contribution in [2.75, 3.05) is 19.7 Å². The summed E-state index contributed by atoms with van der Waals surface area (Å²) in [5, 5.41) is 5.95. The summed E-state index contributed by atoms with van der Waals surface area (Å²) in [6.45, 7) is 5.85. The zero-order valence-corrected chi connectivity index (χ0v) is 12.1. The highest BCUT2D eigenvalue weighted by Gasteiger charge is 2.07. The first-order valence-corrected chi connectivity index (χ1v) is 6.81. The monoisotopic (exact) mass is 274 g/mol. The molecule has 0 unspecified atom stereocenters. The Morgan fingerprint density at radius 3 is 2.95 bits per heavy atom. The molecule has 0 aromatic heterocycles. The van der Waals surface area contributed by atoms with Crippen molar-refractivity contribution in [3.63, 3.8) is 0 Å². The van der Waals surface area contributed by atoms with Gasteiger partial charge in [-0.2, -0.15) is 0 Å². The Labute approximate surface area is 120 Å². The van der Waals surface area contributed by atoms with Gasteiger partial charge in [-0.3, -0.25) is 4.79 Å². The number of benzene rings is 1. The molecular formula is C16H22N2O2. The van der Waals surface area contributed by atoms with Gasteiger partial charge in [-0.1, -0.05) is 12.0 Å².